The van der Waals surface area contributed by atoms with Crippen LogP contribution in [0.1, 0.15) is 40.0 Å². The van der Waals surface area contributed by atoms with E-state index in [1.54, 1.807) is 0 Å². The van der Waals surface area contributed by atoms with Crippen molar-refractivity contribution in [1.82, 2.24) is 0 Å². The van der Waals surface area contributed by atoms with E-state index in [-0.39, 0.29) is 11.9 Å². The highest BCUT2D eigenvalue weighted by Crippen LogP contribution is 1.99. The maximum atomic E-state index is 10.9. The molecule has 0 fully saturated rings. The minimum absolute atomic E-state index is 0.0108. The Morgan fingerprint density at radius 2 is 2.00 bits per heavy atom. The molecule has 0 saturated heterocycles. The van der Waals surface area contributed by atoms with E-state index >= 15 is 0 Å². The highest BCUT2D eigenvalue weighted by molar-refractivity contribution is 5.71. The van der Waals surface area contributed by atoms with Gasteiger partial charge in [-0.15, -0.1) is 0 Å². The average Bonchev–Trinajstić information content (AvgIpc) is 1.97. The number of rotatable bonds is 5. The van der Waals surface area contributed by atoms with Crippen LogP contribution in [0.5, 0.6) is 0 Å². The third-order valence-corrected chi connectivity index (χ3v) is 1.46. The van der Waals surface area contributed by atoms with Gasteiger partial charge in [0.15, 0.2) is 0 Å². The van der Waals surface area contributed by atoms with Crippen LogP contribution in [-0.4, -0.2) is 12.6 Å². The molecule has 0 heterocycles. The first-order valence-electron chi connectivity index (χ1n) is 4.35. The molecule has 0 rings (SSSR count). The monoisotopic (exact) mass is 158 g/mol. The van der Waals surface area contributed by atoms with Gasteiger partial charge in [0.2, 0.25) is 0 Å². The third kappa shape index (κ3) is 5.89. The Kier molecular flexibility index (Phi) is 5.90. The zero-order valence-electron chi connectivity index (χ0n) is 7.72. The summed E-state index contributed by atoms with van der Waals surface area (Å²) in [5.41, 5.74) is 0. The number of hydrogen-bond acceptors (Lipinski definition) is 2. The van der Waals surface area contributed by atoms with Crippen molar-refractivity contribution in [1.29, 1.82) is 0 Å². The molecule has 2 nitrogen and oxygen atoms in total. The van der Waals surface area contributed by atoms with E-state index < -0.39 is 0 Å². The highest BCUT2D eigenvalue weighted by Gasteiger charge is 2.06. The zero-order chi connectivity index (χ0) is 8.69. The van der Waals surface area contributed by atoms with Crippen LogP contribution in [0.4, 0.5) is 0 Å². The number of carbonyl (C=O) groups excluding carboxylic acids is 1. The minimum Gasteiger partial charge on any atom is -0.465 e. The van der Waals surface area contributed by atoms with Crippen molar-refractivity contribution in [2.45, 2.75) is 40.0 Å². The lowest BCUT2D eigenvalue weighted by Crippen LogP contribution is -2.12. The third-order valence-electron chi connectivity index (χ3n) is 1.46. The lowest BCUT2D eigenvalue weighted by Gasteiger charge is -2.05. The van der Waals surface area contributed by atoms with Gasteiger partial charge in [0, 0.05) is 0 Å². The van der Waals surface area contributed by atoms with E-state index in [0.29, 0.717) is 6.61 Å². The molecule has 0 aromatic rings. The van der Waals surface area contributed by atoms with Gasteiger partial charge >= 0.3 is 5.97 Å². The summed E-state index contributed by atoms with van der Waals surface area (Å²) < 4.78 is 4.97. The zero-order valence-corrected chi connectivity index (χ0v) is 7.72. The van der Waals surface area contributed by atoms with E-state index in [9.17, 15) is 4.79 Å². The normalized spacial score (nSPS) is 10.2. The van der Waals surface area contributed by atoms with Crippen LogP contribution in [0.25, 0.3) is 0 Å². The molecule has 0 unspecified atom stereocenters. The summed E-state index contributed by atoms with van der Waals surface area (Å²) in [6, 6.07) is 0. The topological polar surface area (TPSA) is 26.3 Å². The molecule has 0 N–H and O–H groups in total. The molecule has 0 aliphatic carbocycles. The average molecular weight is 158 g/mol. The Morgan fingerprint density at radius 3 is 2.45 bits per heavy atom. The molecule has 0 spiro atoms. The van der Waals surface area contributed by atoms with E-state index in [1.165, 1.54) is 6.42 Å². The van der Waals surface area contributed by atoms with Gasteiger partial charge in [0.05, 0.1) is 12.5 Å². The Bertz CT molecular complexity index is 108. The smallest absolute Gasteiger partial charge is 0.308 e. The molecule has 0 radical (unpaired) electrons. The van der Waals surface area contributed by atoms with Gasteiger partial charge in [-0.05, 0) is 6.42 Å². The van der Waals surface area contributed by atoms with Gasteiger partial charge in [0.1, 0.15) is 0 Å². The molecule has 0 aromatic heterocycles. The predicted octanol–water partition coefficient (Wildman–Crippen LogP) is 2.38. The number of hydrogen-bond donors (Lipinski definition) is 0. The van der Waals surface area contributed by atoms with Crippen molar-refractivity contribution in [3.05, 3.63) is 0 Å². The molecule has 0 bridgehead atoms. The lowest BCUT2D eigenvalue weighted by molar-refractivity contribution is -0.147. The summed E-state index contributed by atoms with van der Waals surface area (Å²) in [5.74, 6) is -0.0715. The Morgan fingerprint density at radius 1 is 1.36 bits per heavy atom. The summed E-state index contributed by atoms with van der Waals surface area (Å²) in [6.07, 6.45) is 3.31. The molecule has 11 heavy (non-hydrogen) atoms. The molecule has 0 aliphatic heterocycles. The van der Waals surface area contributed by atoms with Crippen LogP contribution in [0.2, 0.25) is 0 Å². The standard InChI is InChI=1S/C9H18O2/c1-4-5-6-7-11-9(10)8(2)3/h8H,4-7H2,1-3H3. The highest BCUT2D eigenvalue weighted by atomic mass is 16.5. The van der Waals surface area contributed by atoms with Gasteiger partial charge in [-0.1, -0.05) is 33.6 Å². The molecule has 2 heteroatoms. The summed E-state index contributed by atoms with van der Waals surface area (Å²) in [5, 5.41) is 0. The van der Waals surface area contributed by atoms with Crippen molar-refractivity contribution in [3.63, 3.8) is 0 Å². The molecule has 0 saturated carbocycles. The van der Waals surface area contributed by atoms with Gasteiger partial charge in [-0.2, -0.15) is 0 Å². The molecule has 0 aliphatic rings. The lowest BCUT2D eigenvalue weighted by atomic mass is 10.2. The van der Waals surface area contributed by atoms with E-state index in [4.69, 9.17) is 4.74 Å². The van der Waals surface area contributed by atoms with Crippen molar-refractivity contribution in [2.24, 2.45) is 5.92 Å². The van der Waals surface area contributed by atoms with E-state index in [1.807, 2.05) is 13.8 Å². The Labute approximate surface area is 68.9 Å². The second kappa shape index (κ2) is 6.20. The van der Waals surface area contributed by atoms with Crippen LogP contribution in [0.15, 0.2) is 0 Å². The summed E-state index contributed by atoms with van der Waals surface area (Å²) in [6.45, 7) is 6.42. The minimum atomic E-state index is -0.0823. The number of ether oxygens (including phenoxy) is 1. The summed E-state index contributed by atoms with van der Waals surface area (Å²) >= 11 is 0. The van der Waals surface area contributed by atoms with Crippen LogP contribution in [0.3, 0.4) is 0 Å². The molecular formula is C9H18O2. The quantitative estimate of drug-likeness (QED) is 0.453. The maximum Gasteiger partial charge on any atom is 0.308 e. The van der Waals surface area contributed by atoms with E-state index in [0.717, 1.165) is 12.8 Å². The SMILES string of the molecule is CCCCCOC(=O)C(C)C. The fourth-order valence-electron chi connectivity index (χ4n) is 0.691. The van der Waals surface area contributed by atoms with Crippen LogP contribution < -0.4 is 0 Å². The van der Waals surface area contributed by atoms with Crippen molar-refractivity contribution >= 4 is 5.97 Å². The van der Waals surface area contributed by atoms with Crippen molar-refractivity contribution < 1.29 is 9.53 Å². The molecular weight excluding hydrogens is 140 g/mol. The Balaban J connectivity index is 3.18. The number of unbranched alkanes of at least 4 members (excludes halogenated alkanes) is 2. The number of esters is 1. The fraction of sp³-hybridized carbons (Fsp3) is 0.889. The largest absolute Gasteiger partial charge is 0.465 e. The second-order valence-corrected chi connectivity index (χ2v) is 3.03. The molecule has 0 amide bonds. The van der Waals surface area contributed by atoms with Crippen LogP contribution >= 0.6 is 0 Å². The molecule has 0 atom stereocenters. The van der Waals surface area contributed by atoms with Crippen molar-refractivity contribution in [3.8, 4) is 0 Å². The second-order valence-electron chi connectivity index (χ2n) is 3.03. The predicted molar refractivity (Wildman–Crippen MR) is 45.3 cm³/mol. The van der Waals surface area contributed by atoms with Gasteiger partial charge in [-0.3, -0.25) is 4.79 Å². The fourth-order valence-corrected chi connectivity index (χ4v) is 0.691. The molecule has 66 valence electrons. The summed E-state index contributed by atoms with van der Waals surface area (Å²) in [4.78, 5) is 10.9. The first-order valence-corrected chi connectivity index (χ1v) is 4.35. The van der Waals surface area contributed by atoms with Gasteiger partial charge < -0.3 is 4.74 Å². The van der Waals surface area contributed by atoms with Crippen molar-refractivity contribution in [2.75, 3.05) is 6.61 Å². The first kappa shape index (κ1) is 10.5. The maximum absolute atomic E-state index is 10.9. The van der Waals surface area contributed by atoms with Gasteiger partial charge in [-0.25, -0.2) is 0 Å². The summed E-state index contributed by atoms with van der Waals surface area (Å²) in [7, 11) is 0. The molecule has 0 aromatic carbocycles. The van der Waals surface area contributed by atoms with Gasteiger partial charge in [0.25, 0.3) is 0 Å². The van der Waals surface area contributed by atoms with Crippen LogP contribution in [-0.2, 0) is 9.53 Å². The number of carbonyl (C=O) groups is 1. The van der Waals surface area contributed by atoms with E-state index in [2.05, 4.69) is 6.92 Å². The van der Waals surface area contributed by atoms with Crippen LogP contribution in [0, 0.1) is 5.92 Å². The Hall–Kier alpha value is -0.530. The first-order chi connectivity index (χ1) is 5.18.